The lowest BCUT2D eigenvalue weighted by Crippen LogP contribution is -2.34. The molecule has 2 aliphatic rings. The Balaban J connectivity index is 1.57. The lowest BCUT2D eigenvalue weighted by Gasteiger charge is -2.24. The standard InChI is InChI=1S/C13H25NO/c1-11-5-4-7-13(11)14-9-8-12-6-2-3-10-15-12/h11-14H,2-10H2,1H3. The zero-order valence-electron chi connectivity index (χ0n) is 10.0. The molecule has 88 valence electrons. The van der Waals surface area contributed by atoms with Crippen LogP contribution in [0.3, 0.4) is 0 Å². The number of hydrogen-bond donors (Lipinski definition) is 1. The molecule has 0 aromatic carbocycles. The summed E-state index contributed by atoms with van der Waals surface area (Å²) in [5.74, 6) is 0.886. The van der Waals surface area contributed by atoms with Crippen molar-refractivity contribution in [1.29, 1.82) is 0 Å². The van der Waals surface area contributed by atoms with E-state index in [1.54, 1.807) is 0 Å². The molecule has 15 heavy (non-hydrogen) atoms. The van der Waals surface area contributed by atoms with Crippen LogP contribution in [-0.2, 0) is 4.74 Å². The van der Waals surface area contributed by atoms with Gasteiger partial charge >= 0.3 is 0 Å². The molecule has 1 saturated heterocycles. The van der Waals surface area contributed by atoms with Crippen molar-refractivity contribution in [1.82, 2.24) is 5.32 Å². The van der Waals surface area contributed by atoms with Crippen molar-refractivity contribution in [2.24, 2.45) is 5.92 Å². The van der Waals surface area contributed by atoms with Gasteiger partial charge in [0.25, 0.3) is 0 Å². The average Bonchev–Trinajstić information content (AvgIpc) is 2.66. The summed E-state index contributed by atoms with van der Waals surface area (Å²) in [7, 11) is 0. The van der Waals surface area contributed by atoms with Crippen LogP contribution in [0.5, 0.6) is 0 Å². The van der Waals surface area contributed by atoms with Crippen molar-refractivity contribution in [2.45, 2.75) is 64.0 Å². The van der Waals surface area contributed by atoms with Crippen LogP contribution in [0, 0.1) is 5.92 Å². The molecular weight excluding hydrogens is 186 g/mol. The minimum absolute atomic E-state index is 0.544. The molecule has 0 aromatic heterocycles. The normalized spacial score (nSPS) is 37.0. The van der Waals surface area contributed by atoms with E-state index in [0.29, 0.717) is 6.10 Å². The third-order valence-electron chi connectivity index (χ3n) is 4.01. The van der Waals surface area contributed by atoms with E-state index in [-0.39, 0.29) is 0 Å². The molecule has 2 nitrogen and oxygen atoms in total. The second kappa shape index (κ2) is 5.86. The molecule has 0 amide bonds. The number of rotatable bonds is 4. The Morgan fingerprint density at radius 2 is 2.07 bits per heavy atom. The van der Waals surface area contributed by atoms with Crippen molar-refractivity contribution in [3.8, 4) is 0 Å². The van der Waals surface area contributed by atoms with Gasteiger partial charge in [-0.05, 0) is 51.0 Å². The quantitative estimate of drug-likeness (QED) is 0.772. The van der Waals surface area contributed by atoms with E-state index in [1.807, 2.05) is 0 Å². The van der Waals surface area contributed by atoms with Gasteiger partial charge in [0.1, 0.15) is 0 Å². The SMILES string of the molecule is CC1CCCC1NCCC1CCCCO1. The molecule has 0 aromatic rings. The van der Waals surface area contributed by atoms with Crippen LogP contribution in [0.1, 0.15) is 51.9 Å². The maximum absolute atomic E-state index is 5.73. The summed E-state index contributed by atoms with van der Waals surface area (Å²) in [5, 5.41) is 3.70. The lowest BCUT2D eigenvalue weighted by atomic mass is 10.0. The fourth-order valence-electron chi connectivity index (χ4n) is 2.91. The van der Waals surface area contributed by atoms with E-state index in [9.17, 15) is 0 Å². The fraction of sp³-hybridized carbons (Fsp3) is 1.00. The summed E-state index contributed by atoms with van der Waals surface area (Å²) in [6.45, 7) is 4.52. The summed E-state index contributed by atoms with van der Waals surface area (Å²) >= 11 is 0. The van der Waals surface area contributed by atoms with Crippen LogP contribution in [0.4, 0.5) is 0 Å². The summed E-state index contributed by atoms with van der Waals surface area (Å²) in [6, 6.07) is 0.786. The molecule has 1 heterocycles. The second-order valence-corrected chi connectivity index (χ2v) is 5.25. The molecule has 0 radical (unpaired) electrons. The highest BCUT2D eigenvalue weighted by atomic mass is 16.5. The largest absolute Gasteiger partial charge is 0.378 e. The molecule has 1 saturated carbocycles. The van der Waals surface area contributed by atoms with E-state index in [2.05, 4.69) is 12.2 Å². The molecule has 2 heteroatoms. The Kier molecular flexibility index (Phi) is 4.45. The van der Waals surface area contributed by atoms with E-state index in [0.717, 1.165) is 25.1 Å². The maximum atomic E-state index is 5.73. The van der Waals surface area contributed by atoms with Crippen molar-refractivity contribution in [2.75, 3.05) is 13.2 Å². The zero-order chi connectivity index (χ0) is 10.5. The van der Waals surface area contributed by atoms with Gasteiger partial charge in [-0.2, -0.15) is 0 Å². The topological polar surface area (TPSA) is 21.3 Å². The molecule has 0 bridgehead atoms. The summed E-state index contributed by atoms with van der Waals surface area (Å²) < 4.78 is 5.73. The van der Waals surface area contributed by atoms with Crippen molar-refractivity contribution in [3.05, 3.63) is 0 Å². The minimum Gasteiger partial charge on any atom is -0.378 e. The Bertz CT molecular complexity index is 177. The van der Waals surface area contributed by atoms with Crippen LogP contribution in [0.25, 0.3) is 0 Å². The molecule has 0 spiro atoms. The Morgan fingerprint density at radius 3 is 2.73 bits per heavy atom. The molecule has 2 fully saturated rings. The van der Waals surface area contributed by atoms with Gasteiger partial charge in [-0.3, -0.25) is 0 Å². The van der Waals surface area contributed by atoms with E-state index >= 15 is 0 Å². The Hall–Kier alpha value is -0.0800. The van der Waals surface area contributed by atoms with Gasteiger partial charge in [-0.25, -0.2) is 0 Å². The minimum atomic E-state index is 0.544. The Labute approximate surface area is 93.8 Å². The highest BCUT2D eigenvalue weighted by molar-refractivity contribution is 4.80. The molecule has 1 aliphatic carbocycles. The lowest BCUT2D eigenvalue weighted by molar-refractivity contribution is 0.0110. The summed E-state index contributed by atoms with van der Waals surface area (Å²) in [4.78, 5) is 0. The first kappa shape index (κ1) is 11.4. The zero-order valence-corrected chi connectivity index (χ0v) is 10.0. The summed E-state index contributed by atoms with van der Waals surface area (Å²) in [6.07, 6.45) is 9.88. The van der Waals surface area contributed by atoms with E-state index < -0.39 is 0 Å². The first-order chi connectivity index (χ1) is 7.36. The van der Waals surface area contributed by atoms with Gasteiger partial charge in [-0.15, -0.1) is 0 Å². The summed E-state index contributed by atoms with van der Waals surface area (Å²) in [5.41, 5.74) is 0. The smallest absolute Gasteiger partial charge is 0.0587 e. The average molecular weight is 211 g/mol. The number of hydrogen-bond acceptors (Lipinski definition) is 2. The highest BCUT2D eigenvalue weighted by Gasteiger charge is 2.22. The molecule has 3 unspecified atom stereocenters. The molecular formula is C13H25NO. The van der Waals surface area contributed by atoms with Gasteiger partial charge in [-0.1, -0.05) is 13.3 Å². The second-order valence-electron chi connectivity index (χ2n) is 5.25. The molecule has 2 rings (SSSR count). The van der Waals surface area contributed by atoms with Crippen LogP contribution >= 0.6 is 0 Å². The Morgan fingerprint density at radius 1 is 1.13 bits per heavy atom. The van der Waals surface area contributed by atoms with Crippen molar-refractivity contribution < 1.29 is 4.74 Å². The number of nitrogens with one attached hydrogen (secondary N) is 1. The fourth-order valence-corrected chi connectivity index (χ4v) is 2.91. The first-order valence-corrected chi connectivity index (χ1v) is 6.71. The van der Waals surface area contributed by atoms with Crippen LogP contribution in [0.15, 0.2) is 0 Å². The van der Waals surface area contributed by atoms with Crippen LogP contribution in [-0.4, -0.2) is 25.3 Å². The molecule has 3 atom stereocenters. The number of ether oxygens (including phenoxy) is 1. The molecule has 1 N–H and O–H groups in total. The highest BCUT2D eigenvalue weighted by Crippen LogP contribution is 2.24. The first-order valence-electron chi connectivity index (χ1n) is 6.71. The van der Waals surface area contributed by atoms with Gasteiger partial charge in [0.2, 0.25) is 0 Å². The molecule has 1 aliphatic heterocycles. The monoisotopic (exact) mass is 211 g/mol. The van der Waals surface area contributed by atoms with E-state index in [4.69, 9.17) is 4.74 Å². The van der Waals surface area contributed by atoms with Gasteiger partial charge in [0.15, 0.2) is 0 Å². The van der Waals surface area contributed by atoms with Crippen LogP contribution < -0.4 is 5.32 Å². The third kappa shape index (κ3) is 3.46. The van der Waals surface area contributed by atoms with Crippen molar-refractivity contribution >= 4 is 0 Å². The predicted octanol–water partition coefficient (Wildman–Crippen LogP) is 2.72. The predicted molar refractivity (Wildman–Crippen MR) is 63.0 cm³/mol. The van der Waals surface area contributed by atoms with E-state index in [1.165, 1.54) is 44.9 Å². The maximum Gasteiger partial charge on any atom is 0.0587 e. The van der Waals surface area contributed by atoms with Gasteiger partial charge in [0.05, 0.1) is 6.10 Å². The van der Waals surface area contributed by atoms with Crippen molar-refractivity contribution in [3.63, 3.8) is 0 Å². The third-order valence-corrected chi connectivity index (χ3v) is 4.01. The van der Waals surface area contributed by atoms with Gasteiger partial charge in [0, 0.05) is 12.6 Å². The van der Waals surface area contributed by atoms with Crippen LogP contribution in [0.2, 0.25) is 0 Å². The van der Waals surface area contributed by atoms with Gasteiger partial charge < -0.3 is 10.1 Å².